The summed E-state index contributed by atoms with van der Waals surface area (Å²) in [6.45, 7) is 2.05. The molecule has 3 rings (SSSR count). The fraction of sp³-hybridized carbons (Fsp3) is 0.529. The fourth-order valence-electron chi connectivity index (χ4n) is 3.25. The van der Waals surface area contributed by atoms with Crippen molar-refractivity contribution in [3.05, 3.63) is 30.3 Å². The Balaban J connectivity index is 1.55. The van der Waals surface area contributed by atoms with Crippen molar-refractivity contribution in [2.45, 2.75) is 19.3 Å². The number of para-hydroxylation sites is 1. The molecule has 7 nitrogen and oxygen atoms in total. The number of nitrogens with zero attached hydrogens (tertiary/aromatic N) is 3. The Morgan fingerprint density at radius 2 is 1.48 bits per heavy atom. The maximum absolute atomic E-state index is 12.5. The predicted octanol–water partition coefficient (Wildman–Crippen LogP) is 0.677. The lowest BCUT2D eigenvalue weighted by Crippen LogP contribution is -2.51. The standard InChI is InChI=1S/C17H23N3O4S/c21-16-7-4-8-17(22)20(16)13-14-25(23,24)19-11-9-18(10-12-19)15-5-2-1-3-6-15/h1-3,5-6H,4,7-14H2. The van der Waals surface area contributed by atoms with Gasteiger partial charge >= 0.3 is 0 Å². The number of amides is 2. The molecular formula is C17H23N3O4S. The van der Waals surface area contributed by atoms with Crippen LogP contribution in [0.3, 0.4) is 0 Å². The van der Waals surface area contributed by atoms with Crippen LogP contribution >= 0.6 is 0 Å². The zero-order valence-corrected chi connectivity index (χ0v) is 15.0. The van der Waals surface area contributed by atoms with Gasteiger partial charge in [0.05, 0.1) is 5.75 Å². The third kappa shape index (κ3) is 4.19. The number of likely N-dealkylation sites (tertiary alicyclic amines) is 1. The lowest BCUT2D eigenvalue weighted by atomic mass is 10.1. The molecule has 0 saturated carbocycles. The van der Waals surface area contributed by atoms with Crippen molar-refractivity contribution >= 4 is 27.5 Å². The minimum Gasteiger partial charge on any atom is -0.369 e. The van der Waals surface area contributed by atoms with Gasteiger partial charge in [0, 0.05) is 51.3 Å². The molecule has 1 aromatic rings. The molecule has 2 heterocycles. The molecule has 0 atom stereocenters. The Labute approximate surface area is 148 Å². The molecule has 0 N–H and O–H groups in total. The van der Waals surface area contributed by atoms with Crippen molar-refractivity contribution in [3.63, 3.8) is 0 Å². The van der Waals surface area contributed by atoms with Crippen LogP contribution in [0.15, 0.2) is 30.3 Å². The molecule has 0 aromatic heterocycles. The zero-order valence-electron chi connectivity index (χ0n) is 14.1. The first kappa shape index (κ1) is 17.9. The van der Waals surface area contributed by atoms with Gasteiger partial charge in [-0.25, -0.2) is 8.42 Å². The molecule has 0 unspecified atom stereocenters. The van der Waals surface area contributed by atoms with E-state index in [1.807, 2.05) is 30.3 Å². The monoisotopic (exact) mass is 365 g/mol. The quantitative estimate of drug-likeness (QED) is 0.717. The topological polar surface area (TPSA) is 78.0 Å². The van der Waals surface area contributed by atoms with Gasteiger partial charge in [-0.1, -0.05) is 18.2 Å². The first-order chi connectivity index (χ1) is 12.0. The number of piperazine rings is 1. The van der Waals surface area contributed by atoms with E-state index in [2.05, 4.69) is 4.90 Å². The normalized spacial score (nSPS) is 20.2. The second-order valence-corrected chi connectivity index (χ2v) is 8.42. The minimum absolute atomic E-state index is 0.0428. The van der Waals surface area contributed by atoms with Crippen molar-refractivity contribution in [2.75, 3.05) is 43.4 Å². The summed E-state index contributed by atoms with van der Waals surface area (Å²) < 4.78 is 26.5. The van der Waals surface area contributed by atoms with Gasteiger partial charge < -0.3 is 4.90 Å². The number of imide groups is 1. The zero-order chi connectivity index (χ0) is 17.9. The first-order valence-electron chi connectivity index (χ1n) is 8.58. The Morgan fingerprint density at radius 1 is 0.880 bits per heavy atom. The molecule has 2 saturated heterocycles. The second-order valence-electron chi connectivity index (χ2n) is 6.33. The molecule has 2 aliphatic heterocycles. The second kappa shape index (κ2) is 7.53. The average molecular weight is 365 g/mol. The van der Waals surface area contributed by atoms with Crippen LogP contribution < -0.4 is 4.90 Å². The van der Waals surface area contributed by atoms with Crippen molar-refractivity contribution in [2.24, 2.45) is 0 Å². The Morgan fingerprint density at radius 3 is 2.08 bits per heavy atom. The number of rotatable bonds is 5. The largest absolute Gasteiger partial charge is 0.369 e. The number of carbonyl (C=O) groups is 2. The van der Waals surface area contributed by atoms with E-state index in [0.717, 1.165) is 10.6 Å². The highest BCUT2D eigenvalue weighted by molar-refractivity contribution is 7.89. The molecule has 2 fully saturated rings. The molecule has 2 amide bonds. The van der Waals surface area contributed by atoms with E-state index in [1.165, 1.54) is 4.31 Å². The lowest BCUT2D eigenvalue weighted by molar-refractivity contribution is -0.147. The van der Waals surface area contributed by atoms with Crippen molar-refractivity contribution in [1.29, 1.82) is 0 Å². The third-order valence-electron chi connectivity index (χ3n) is 4.71. The van der Waals surface area contributed by atoms with E-state index in [1.54, 1.807) is 0 Å². The van der Waals surface area contributed by atoms with Crippen LogP contribution in [0.2, 0.25) is 0 Å². The number of hydrogen-bond donors (Lipinski definition) is 0. The molecule has 1 aromatic carbocycles. The van der Waals surface area contributed by atoms with E-state index < -0.39 is 10.0 Å². The fourth-order valence-corrected chi connectivity index (χ4v) is 4.64. The van der Waals surface area contributed by atoms with E-state index >= 15 is 0 Å². The number of anilines is 1. The highest BCUT2D eigenvalue weighted by Gasteiger charge is 2.31. The van der Waals surface area contributed by atoms with Crippen LogP contribution in [0.5, 0.6) is 0 Å². The summed E-state index contributed by atoms with van der Waals surface area (Å²) in [5, 5.41) is 0. The molecular weight excluding hydrogens is 342 g/mol. The molecule has 8 heteroatoms. The maximum Gasteiger partial charge on any atom is 0.229 e. The van der Waals surface area contributed by atoms with Crippen LogP contribution in [-0.4, -0.2) is 67.9 Å². The van der Waals surface area contributed by atoms with Crippen LogP contribution in [0.25, 0.3) is 0 Å². The van der Waals surface area contributed by atoms with Gasteiger partial charge in [-0.3, -0.25) is 14.5 Å². The summed E-state index contributed by atoms with van der Waals surface area (Å²) in [5.74, 6) is -0.726. The third-order valence-corrected chi connectivity index (χ3v) is 6.56. The summed E-state index contributed by atoms with van der Waals surface area (Å²) in [4.78, 5) is 26.8. The number of piperidine rings is 1. The van der Waals surface area contributed by atoms with Gasteiger partial charge in [0.25, 0.3) is 0 Å². The van der Waals surface area contributed by atoms with E-state index in [0.29, 0.717) is 45.4 Å². The number of benzene rings is 1. The molecule has 0 aliphatic carbocycles. The maximum atomic E-state index is 12.5. The summed E-state index contributed by atoms with van der Waals surface area (Å²) in [6, 6.07) is 9.90. The molecule has 25 heavy (non-hydrogen) atoms. The van der Waals surface area contributed by atoms with Crippen LogP contribution in [0, 0.1) is 0 Å². The van der Waals surface area contributed by atoms with E-state index in [-0.39, 0.29) is 24.1 Å². The SMILES string of the molecule is O=C1CCCC(=O)N1CCS(=O)(=O)N1CCN(c2ccccc2)CC1. The summed E-state index contributed by atoms with van der Waals surface area (Å²) in [7, 11) is -3.47. The molecule has 0 bridgehead atoms. The highest BCUT2D eigenvalue weighted by Crippen LogP contribution is 2.18. The smallest absolute Gasteiger partial charge is 0.229 e. The van der Waals surface area contributed by atoms with Gasteiger partial charge in [-0.05, 0) is 18.6 Å². The van der Waals surface area contributed by atoms with Crippen LogP contribution in [0.4, 0.5) is 5.69 Å². The Hall–Kier alpha value is -1.93. The molecule has 0 radical (unpaired) electrons. The van der Waals surface area contributed by atoms with Crippen molar-refractivity contribution < 1.29 is 18.0 Å². The van der Waals surface area contributed by atoms with Gasteiger partial charge in [0.15, 0.2) is 0 Å². The summed E-state index contributed by atoms with van der Waals surface area (Å²) in [5.41, 5.74) is 1.09. The predicted molar refractivity (Wildman–Crippen MR) is 94.6 cm³/mol. The number of carbonyl (C=O) groups excluding carboxylic acids is 2. The molecule has 0 spiro atoms. The van der Waals surface area contributed by atoms with Crippen LogP contribution in [0.1, 0.15) is 19.3 Å². The van der Waals surface area contributed by atoms with Crippen molar-refractivity contribution in [1.82, 2.24) is 9.21 Å². The van der Waals surface area contributed by atoms with Crippen LogP contribution in [-0.2, 0) is 19.6 Å². The summed E-state index contributed by atoms with van der Waals surface area (Å²) in [6.07, 6.45) is 1.20. The minimum atomic E-state index is -3.47. The average Bonchev–Trinajstić information content (AvgIpc) is 2.62. The Kier molecular flexibility index (Phi) is 5.39. The summed E-state index contributed by atoms with van der Waals surface area (Å²) >= 11 is 0. The molecule has 2 aliphatic rings. The highest BCUT2D eigenvalue weighted by atomic mass is 32.2. The van der Waals surface area contributed by atoms with E-state index in [4.69, 9.17) is 0 Å². The van der Waals surface area contributed by atoms with E-state index in [9.17, 15) is 18.0 Å². The van der Waals surface area contributed by atoms with Gasteiger partial charge in [0.2, 0.25) is 21.8 Å². The van der Waals surface area contributed by atoms with Gasteiger partial charge in [-0.2, -0.15) is 4.31 Å². The number of sulfonamides is 1. The molecule has 136 valence electrons. The van der Waals surface area contributed by atoms with Gasteiger partial charge in [0.1, 0.15) is 0 Å². The first-order valence-corrected chi connectivity index (χ1v) is 10.2. The van der Waals surface area contributed by atoms with Gasteiger partial charge in [-0.15, -0.1) is 0 Å². The number of hydrogen-bond acceptors (Lipinski definition) is 5. The van der Waals surface area contributed by atoms with Crippen molar-refractivity contribution in [3.8, 4) is 0 Å². The Bertz CT molecular complexity index is 712. The lowest BCUT2D eigenvalue weighted by Gasteiger charge is -2.35.